The maximum absolute atomic E-state index is 12.5. The molecule has 0 radical (unpaired) electrons. The van der Waals surface area contributed by atoms with Gasteiger partial charge >= 0.3 is 0 Å². The first-order valence-electron chi connectivity index (χ1n) is 3.70. The summed E-state index contributed by atoms with van der Waals surface area (Å²) in [5.74, 6) is -0.668. The Hall–Kier alpha value is -1.26. The number of halogens is 3. The van der Waals surface area contributed by atoms with Gasteiger partial charge in [-0.25, -0.2) is 13.8 Å². The maximum atomic E-state index is 12.5. The summed E-state index contributed by atoms with van der Waals surface area (Å²) in [5, 5.41) is 0. The zero-order chi connectivity index (χ0) is 9.84. The SMILES string of the molecule is CN(CC(F)F)c1ccnc(F)c1. The molecule has 0 aliphatic carbocycles. The molecule has 72 valence electrons. The monoisotopic (exact) mass is 190 g/mol. The Bertz CT molecular complexity index is 278. The molecule has 0 bridgehead atoms. The van der Waals surface area contributed by atoms with Gasteiger partial charge in [0.05, 0.1) is 6.54 Å². The maximum Gasteiger partial charge on any atom is 0.255 e. The second-order valence-electron chi connectivity index (χ2n) is 2.61. The second kappa shape index (κ2) is 4.11. The van der Waals surface area contributed by atoms with Crippen LogP contribution in [0.1, 0.15) is 0 Å². The van der Waals surface area contributed by atoms with E-state index in [2.05, 4.69) is 4.98 Å². The van der Waals surface area contributed by atoms with E-state index in [1.165, 1.54) is 24.2 Å². The summed E-state index contributed by atoms with van der Waals surface area (Å²) in [6.07, 6.45) is -1.19. The molecule has 0 saturated heterocycles. The number of rotatable bonds is 3. The van der Waals surface area contributed by atoms with Crippen molar-refractivity contribution in [1.29, 1.82) is 0 Å². The van der Waals surface area contributed by atoms with E-state index in [-0.39, 0.29) is 0 Å². The highest BCUT2D eigenvalue weighted by molar-refractivity contribution is 5.43. The average Bonchev–Trinajstić information content (AvgIpc) is 2.03. The van der Waals surface area contributed by atoms with E-state index in [0.717, 1.165) is 6.07 Å². The predicted octanol–water partition coefficient (Wildman–Crippen LogP) is 1.92. The van der Waals surface area contributed by atoms with Gasteiger partial charge in [0.1, 0.15) is 0 Å². The van der Waals surface area contributed by atoms with Gasteiger partial charge in [-0.3, -0.25) is 0 Å². The number of aromatic nitrogens is 1. The molecule has 0 aliphatic rings. The number of alkyl halides is 2. The molecule has 0 spiro atoms. The van der Waals surface area contributed by atoms with Crippen LogP contribution in [-0.2, 0) is 0 Å². The topological polar surface area (TPSA) is 16.1 Å². The molecule has 0 aromatic carbocycles. The molecule has 0 saturated carbocycles. The first kappa shape index (κ1) is 9.83. The Balaban J connectivity index is 2.71. The van der Waals surface area contributed by atoms with Crippen molar-refractivity contribution < 1.29 is 13.2 Å². The minimum Gasteiger partial charge on any atom is -0.369 e. The Morgan fingerprint density at radius 1 is 1.54 bits per heavy atom. The van der Waals surface area contributed by atoms with E-state index >= 15 is 0 Å². The largest absolute Gasteiger partial charge is 0.369 e. The lowest BCUT2D eigenvalue weighted by molar-refractivity contribution is 0.156. The lowest BCUT2D eigenvalue weighted by atomic mass is 10.3. The summed E-state index contributed by atoms with van der Waals surface area (Å²) >= 11 is 0. The Kier molecular flexibility index (Phi) is 3.11. The molecule has 5 heteroatoms. The van der Waals surface area contributed by atoms with Crippen molar-refractivity contribution in [2.45, 2.75) is 6.43 Å². The molecule has 0 unspecified atom stereocenters. The Morgan fingerprint density at radius 3 is 2.77 bits per heavy atom. The lowest BCUT2D eigenvalue weighted by Crippen LogP contribution is -2.24. The van der Waals surface area contributed by atoms with Crippen LogP contribution in [0.3, 0.4) is 0 Å². The smallest absolute Gasteiger partial charge is 0.255 e. The fourth-order valence-corrected chi connectivity index (χ4v) is 0.942. The van der Waals surface area contributed by atoms with Gasteiger partial charge in [-0.1, -0.05) is 0 Å². The number of anilines is 1. The zero-order valence-electron chi connectivity index (χ0n) is 7.04. The van der Waals surface area contributed by atoms with Crippen molar-refractivity contribution in [2.75, 3.05) is 18.5 Å². The van der Waals surface area contributed by atoms with E-state index in [0.29, 0.717) is 5.69 Å². The first-order valence-corrected chi connectivity index (χ1v) is 3.70. The molecule has 0 aliphatic heterocycles. The van der Waals surface area contributed by atoms with Crippen LogP contribution in [0, 0.1) is 5.95 Å². The molecule has 13 heavy (non-hydrogen) atoms. The number of hydrogen-bond acceptors (Lipinski definition) is 2. The fraction of sp³-hybridized carbons (Fsp3) is 0.375. The summed E-state index contributed by atoms with van der Waals surface area (Å²) in [5.41, 5.74) is 0.396. The molecular weight excluding hydrogens is 181 g/mol. The molecule has 1 aromatic heterocycles. The summed E-state index contributed by atoms with van der Waals surface area (Å²) in [4.78, 5) is 4.59. The molecule has 0 fully saturated rings. The van der Waals surface area contributed by atoms with E-state index in [1.807, 2.05) is 0 Å². The van der Waals surface area contributed by atoms with E-state index in [9.17, 15) is 13.2 Å². The summed E-state index contributed by atoms with van der Waals surface area (Å²) in [7, 11) is 1.47. The van der Waals surface area contributed by atoms with Gasteiger partial charge < -0.3 is 4.90 Å². The van der Waals surface area contributed by atoms with Crippen LogP contribution in [0.15, 0.2) is 18.3 Å². The second-order valence-corrected chi connectivity index (χ2v) is 2.61. The highest BCUT2D eigenvalue weighted by atomic mass is 19.3. The van der Waals surface area contributed by atoms with E-state index in [1.54, 1.807) is 0 Å². The third-order valence-electron chi connectivity index (χ3n) is 1.56. The molecule has 2 nitrogen and oxygen atoms in total. The van der Waals surface area contributed by atoms with Crippen LogP contribution >= 0.6 is 0 Å². The molecule has 0 amide bonds. The van der Waals surface area contributed by atoms with Crippen LogP contribution in [-0.4, -0.2) is 25.0 Å². The first-order chi connectivity index (χ1) is 6.09. The predicted molar refractivity (Wildman–Crippen MR) is 43.5 cm³/mol. The van der Waals surface area contributed by atoms with Gasteiger partial charge in [-0.15, -0.1) is 0 Å². The quantitative estimate of drug-likeness (QED) is 0.677. The van der Waals surface area contributed by atoms with Gasteiger partial charge in [-0.05, 0) is 6.07 Å². The van der Waals surface area contributed by atoms with Crippen molar-refractivity contribution in [3.63, 3.8) is 0 Å². The minimum absolute atomic E-state index is 0.396. The van der Waals surface area contributed by atoms with E-state index in [4.69, 9.17) is 0 Å². The molecule has 0 atom stereocenters. The lowest BCUT2D eigenvalue weighted by Gasteiger charge is -2.17. The van der Waals surface area contributed by atoms with Crippen LogP contribution in [0.4, 0.5) is 18.9 Å². The fourth-order valence-electron chi connectivity index (χ4n) is 0.942. The third-order valence-corrected chi connectivity index (χ3v) is 1.56. The standard InChI is InChI=1S/C8H9F3N2/c1-13(5-7(9)10)6-2-3-12-8(11)4-6/h2-4,7H,5H2,1H3. The minimum atomic E-state index is -2.43. The van der Waals surface area contributed by atoms with Gasteiger partial charge in [0.2, 0.25) is 5.95 Å². The highest BCUT2D eigenvalue weighted by Gasteiger charge is 2.08. The Labute approximate surface area is 74.0 Å². The van der Waals surface area contributed by atoms with Crippen molar-refractivity contribution in [3.05, 3.63) is 24.3 Å². The Morgan fingerprint density at radius 2 is 2.23 bits per heavy atom. The molecule has 1 rings (SSSR count). The van der Waals surface area contributed by atoms with Crippen molar-refractivity contribution in [1.82, 2.24) is 4.98 Å². The van der Waals surface area contributed by atoms with Crippen molar-refractivity contribution in [3.8, 4) is 0 Å². The van der Waals surface area contributed by atoms with Crippen LogP contribution < -0.4 is 4.90 Å². The molecular formula is C8H9F3N2. The van der Waals surface area contributed by atoms with Gasteiger partial charge in [-0.2, -0.15) is 4.39 Å². The number of nitrogens with zero attached hydrogens (tertiary/aromatic N) is 2. The summed E-state index contributed by atoms with van der Waals surface area (Å²) in [6, 6.07) is 2.59. The van der Waals surface area contributed by atoms with Crippen molar-refractivity contribution in [2.24, 2.45) is 0 Å². The van der Waals surface area contributed by atoms with Crippen molar-refractivity contribution >= 4 is 5.69 Å². The van der Waals surface area contributed by atoms with Crippen LogP contribution in [0.5, 0.6) is 0 Å². The zero-order valence-corrected chi connectivity index (χ0v) is 7.04. The van der Waals surface area contributed by atoms with Gasteiger partial charge in [0.25, 0.3) is 6.43 Å². The third kappa shape index (κ3) is 2.93. The number of hydrogen-bond donors (Lipinski definition) is 0. The molecule has 1 heterocycles. The highest BCUT2D eigenvalue weighted by Crippen LogP contribution is 2.12. The van der Waals surface area contributed by atoms with Crippen LogP contribution in [0.2, 0.25) is 0 Å². The average molecular weight is 190 g/mol. The molecule has 1 aromatic rings. The summed E-state index contributed by atoms with van der Waals surface area (Å²) in [6.45, 7) is -0.413. The normalized spacial score (nSPS) is 10.5. The van der Waals surface area contributed by atoms with Crippen LogP contribution in [0.25, 0.3) is 0 Å². The molecule has 0 N–H and O–H groups in total. The summed E-state index contributed by atoms with van der Waals surface area (Å²) < 4.78 is 36.4. The van der Waals surface area contributed by atoms with E-state index < -0.39 is 18.9 Å². The van der Waals surface area contributed by atoms with Gasteiger partial charge in [0.15, 0.2) is 0 Å². The van der Waals surface area contributed by atoms with Gasteiger partial charge in [0, 0.05) is 25.0 Å². The number of pyridine rings is 1.